The van der Waals surface area contributed by atoms with E-state index in [1.54, 1.807) is 20.8 Å². The van der Waals surface area contributed by atoms with Gasteiger partial charge in [0.15, 0.2) is 10.8 Å². The number of nitrogens with one attached hydrogen (secondary N) is 1. The van der Waals surface area contributed by atoms with Crippen molar-refractivity contribution < 1.29 is 33.8 Å². The molecule has 130 valence electrons. The highest BCUT2D eigenvalue weighted by molar-refractivity contribution is 7.18. The van der Waals surface area contributed by atoms with Gasteiger partial charge in [0.25, 0.3) is 0 Å². The van der Waals surface area contributed by atoms with E-state index in [2.05, 4.69) is 5.32 Å². The minimum Gasteiger partial charge on any atom is -0.478 e. The predicted molar refractivity (Wildman–Crippen MR) is 86.3 cm³/mol. The lowest BCUT2D eigenvalue weighted by molar-refractivity contribution is -0.134. The van der Waals surface area contributed by atoms with E-state index in [1.165, 1.54) is 0 Å². The molecule has 1 amide bonds. The third kappa shape index (κ3) is 5.51. The van der Waals surface area contributed by atoms with Gasteiger partial charge < -0.3 is 19.9 Å². The summed E-state index contributed by atoms with van der Waals surface area (Å²) < 4.78 is 10.3. The minimum atomic E-state index is -1.28. The van der Waals surface area contributed by atoms with Gasteiger partial charge in [-0.05, 0) is 6.92 Å². The molecule has 1 rings (SSSR count). The standard InChI is InChI=1S/C15H17NO7S/c1-4-11(20)22-13-8(3)15(23-12(21)5-2)24-14(13)16-9(17)6-7-10(18)19/h6-7H,4-5H2,1-3H3,(H,16,17)(H,18,19)/b7-6-. The average Bonchev–Trinajstić information content (AvgIpc) is 2.81. The van der Waals surface area contributed by atoms with Crippen LogP contribution in [0.3, 0.4) is 0 Å². The smallest absolute Gasteiger partial charge is 0.328 e. The Hall–Kier alpha value is -2.68. The van der Waals surface area contributed by atoms with Crippen molar-refractivity contribution in [3.8, 4) is 10.8 Å². The van der Waals surface area contributed by atoms with E-state index in [9.17, 15) is 19.2 Å². The summed E-state index contributed by atoms with van der Waals surface area (Å²) >= 11 is 0.911. The van der Waals surface area contributed by atoms with E-state index < -0.39 is 23.8 Å². The maximum Gasteiger partial charge on any atom is 0.328 e. The molecule has 1 aromatic rings. The van der Waals surface area contributed by atoms with Crippen LogP contribution in [-0.4, -0.2) is 28.9 Å². The predicted octanol–water partition coefficient (Wildman–Crippen LogP) is 2.27. The molecule has 0 radical (unpaired) electrons. The van der Waals surface area contributed by atoms with Crippen LogP contribution in [0.5, 0.6) is 10.8 Å². The number of ether oxygens (including phenoxy) is 2. The number of hydrogen-bond acceptors (Lipinski definition) is 7. The van der Waals surface area contributed by atoms with Crippen molar-refractivity contribution in [1.82, 2.24) is 0 Å². The van der Waals surface area contributed by atoms with Crippen molar-refractivity contribution in [2.45, 2.75) is 33.6 Å². The Labute approximate surface area is 142 Å². The van der Waals surface area contributed by atoms with Crippen molar-refractivity contribution in [1.29, 1.82) is 0 Å². The molecule has 0 aliphatic heterocycles. The SMILES string of the molecule is CCC(=O)Oc1sc(NC(=O)/C=C\C(=O)O)c(OC(=O)CC)c1C. The third-order valence-electron chi connectivity index (χ3n) is 2.66. The van der Waals surface area contributed by atoms with Crippen molar-refractivity contribution >= 4 is 40.2 Å². The Balaban J connectivity index is 3.12. The first kappa shape index (κ1) is 19.4. The highest BCUT2D eigenvalue weighted by atomic mass is 32.1. The Morgan fingerprint density at radius 1 is 1.08 bits per heavy atom. The lowest BCUT2D eigenvalue weighted by Crippen LogP contribution is -2.11. The fourth-order valence-corrected chi connectivity index (χ4v) is 2.45. The lowest BCUT2D eigenvalue weighted by Gasteiger charge is -2.06. The summed E-state index contributed by atoms with van der Waals surface area (Å²) in [6.45, 7) is 4.81. The third-order valence-corrected chi connectivity index (χ3v) is 3.73. The molecule has 0 saturated carbocycles. The summed E-state index contributed by atoms with van der Waals surface area (Å²) in [5, 5.41) is 11.3. The molecule has 0 aliphatic rings. The number of anilines is 1. The van der Waals surface area contributed by atoms with Crippen LogP contribution in [0.4, 0.5) is 5.00 Å². The second-order valence-electron chi connectivity index (χ2n) is 4.49. The van der Waals surface area contributed by atoms with E-state index in [-0.39, 0.29) is 28.7 Å². The van der Waals surface area contributed by atoms with Crippen molar-refractivity contribution in [2.75, 3.05) is 5.32 Å². The molecule has 0 aliphatic carbocycles. The Kier molecular flexibility index (Phi) is 7.12. The number of aliphatic carboxylic acids is 1. The molecule has 0 saturated heterocycles. The first-order valence-corrected chi connectivity index (χ1v) is 7.86. The van der Waals surface area contributed by atoms with Crippen LogP contribution in [0.15, 0.2) is 12.2 Å². The van der Waals surface area contributed by atoms with E-state index in [0.29, 0.717) is 11.6 Å². The first-order valence-electron chi connectivity index (χ1n) is 7.05. The summed E-state index contributed by atoms with van der Waals surface area (Å²) in [5.74, 6) is -2.93. The molecule has 0 aromatic carbocycles. The van der Waals surface area contributed by atoms with Gasteiger partial charge in [0.05, 0.1) is 0 Å². The van der Waals surface area contributed by atoms with E-state index >= 15 is 0 Å². The second-order valence-corrected chi connectivity index (χ2v) is 5.47. The molecule has 0 spiro atoms. The number of carboxylic acid groups (broad SMARTS) is 1. The molecule has 1 aromatic heterocycles. The van der Waals surface area contributed by atoms with Crippen molar-refractivity contribution in [3.63, 3.8) is 0 Å². The number of rotatable bonds is 7. The number of carbonyl (C=O) groups is 4. The number of thiophene rings is 1. The largest absolute Gasteiger partial charge is 0.478 e. The first-order chi connectivity index (χ1) is 11.3. The van der Waals surface area contributed by atoms with Gasteiger partial charge in [-0.15, -0.1) is 0 Å². The number of hydrogen-bond donors (Lipinski definition) is 2. The fraction of sp³-hybridized carbons (Fsp3) is 0.333. The lowest BCUT2D eigenvalue weighted by atomic mass is 10.3. The maximum atomic E-state index is 11.7. The highest BCUT2D eigenvalue weighted by Gasteiger charge is 2.22. The molecule has 1 heterocycles. The molecule has 0 fully saturated rings. The second kappa shape index (κ2) is 8.82. The highest BCUT2D eigenvalue weighted by Crippen LogP contribution is 2.45. The zero-order chi connectivity index (χ0) is 18.3. The summed E-state index contributed by atoms with van der Waals surface area (Å²) in [6.07, 6.45) is 1.77. The van der Waals surface area contributed by atoms with Gasteiger partial charge in [0, 0.05) is 30.6 Å². The van der Waals surface area contributed by atoms with Gasteiger partial charge in [-0.3, -0.25) is 14.4 Å². The van der Waals surface area contributed by atoms with Crippen LogP contribution in [0, 0.1) is 6.92 Å². The minimum absolute atomic E-state index is 0.0721. The van der Waals surface area contributed by atoms with Gasteiger partial charge in [0.1, 0.15) is 5.00 Å². The number of amides is 1. The Morgan fingerprint density at radius 3 is 2.21 bits per heavy atom. The van der Waals surface area contributed by atoms with Gasteiger partial charge >= 0.3 is 17.9 Å². The molecule has 8 nitrogen and oxygen atoms in total. The molecule has 2 N–H and O–H groups in total. The van der Waals surface area contributed by atoms with Crippen LogP contribution in [0.2, 0.25) is 0 Å². The number of esters is 2. The molecule has 9 heteroatoms. The van der Waals surface area contributed by atoms with Gasteiger partial charge in [-0.1, -0.05) is 25.2 Å². The molecule has 24 heavy (non-hydrogen) atoms. The zero-order valence-corrected chi connectivity index (χ0v) is 14.2. The zero-order valence-electron chi connectivity index (χ0n) is 13.4. The Morgan fingerprint density at radius 2 is 1.67 bits per heavy atom. The summed E-state index contributed by atoms with van der Waals surface area (Å²) in [6, 6.07) is 0. The summed E-state index contributed by atoms with van der Waals surface area (Å²) in [7, 11) is 0. The van der Waals surface area contributed by atoms with E-state index in [4.69, 9.17) is 14.6 Å². The van der Waals surface area contributed by atoms with Crippen LogP contribution < -0.4 is 14.8 Å². The van der Waals surface area contributed by atoms with Crippen LogP contribution in [0.1, 0.15) is 32.3 Å². The quantitative estimate of drug-likeness (QED) is 0.569. The van der Waals surface area contributed by atoms with Crippen LogP contribution in [0.25, 0.3) is 0 Å². The van der Waals surface area contributed by atoms with Crippen LogP contribution in [-0.2, 0) is 19.2 Å². The molecule has 0 bridgehead atoms. The molecular formula is C15H17NO7S. The number of carbonyl (C=O) groups excluding carboxylic acids is 3. The van der Waals surface area contributed by atoms with E-state index in [1.807, 2.05) is 0 Å². The molecular weight excluding hydrogens is 338 g/mol. The number of carboxylic acids is 1. The molecule has 0 unspecified atom stereocenters. The summed E-state index contributed by atoms with van der Waals surface area (Å²) in [5.41, 5.74) is 0.390. The topological polar surface area (TPSA) is 119 Å². The van der Waals surface area contributed by atoms with Gasteiger partial charge in [-0.25, -0.2) is 4.79 Å². The maximum absolute atomic E-state index is 11.7. The van der Waals surface area contributed by atoms with Crippen molar-refractivity contribution in [3.05, 3.63) is 17.7 Å². The van der Waals surface area contributed by atoms with Crippen LogP contribution >= 0.6 is 11.3 Å². The van der Waals surface area contributed by atoms with E-state index in [0.717, 1.165) is 17.4 Å². The fourth-order valence-electron chi connectivity index (χ4n) is 1.44. The normalized spacial score (nSPS) is 10.5. The van der Waals surface area contributed by atoms with Crippen molar-refractivity contribution in [2.24, 2.45) is 0 Å². The molecule has 0 atom stereocenters. The monoisotopic (exact) mass is 355 g/mol. The van der Waals surface area contributed by atoms with Gasteiger partial charge in [-0.2, -0.15) is 0 Å². The van der Waals surface area contributed by atoms with Gasteiger partial charge in [0.2, 0.25) is 5.91 Å². The summed E-state index contributed by atoms with van der Waals surface area (Å²) in [4.78, 5) is 45.1. The Bertz CT molecular complexity index is 690. The average molecular weight is 355 g/mol.